The fraction of sp³-hybridized carbons (Fsp3) is 0.286. The zero-order valence-electron chi connectivity index (χ0n) is 9.76. The molecule has 0 fully saturated rings. The first kappa shape index (κ1) is 2.69. The Hall–Kier alpha value is -1.05. The number of ether oxygens (including phenoxy) is 1. The zero-order valence-corrected chi connectivity index (χ0v) is 4.76. The van der Waals surface area contributed by atoms with E-state index in [-0.39, 0.29) is 0 Å². The number of esters is 1. The second-order valence-electron chi connectivity index (χ2n) is 1.12. The van der Waals surface area contributed by atoms with Crippen molar-refractivity contribution in [1.29, 1.82) is 0 Å². The molecule has 0 saturated heterocycles. The van der Waals surface area contributed by atoms with Crippen molar-refractivity contribution in [2.75, 3.05) is 6.56 Å². The quantitative estimate of drug-likeness (QED) is 0.328. The highest BCUT2D eigenvalue weighted by atomic mass is 16.5. The Labute approximate surface area is 61.8 Å². The lowest BCUT2D eigenvalue weighted by atomic mass is 10.5. The van der Waals surface area contributed by atoms with Crippen molar-refractivity contribution in [3.63, 3.8) is 0 Å². The third kappa shape index (κ3) is 4.81. The number of carbonyl (C=O) groups excluding carboxylic acids is 1. The molecule has 0 N–H and O–H groups in total. The van der Waals surface area contributed by atoms with Crippen molar-refractivity contribution in [2.45, 2.75) is 6.85 Å². The first-order valence-electron chi connectivity index (χ1n) is 4.73. The molecule has 0 aliphatic rings. The van der Waals surface area contributed by atoms with E-state index >= 15 is 0 Å². The molecule has 0 aliphatic carbocycles. The average molecular weight is 131 g/mol. The molecule has 0 radical (unpaired) electrons. The molecular formula is C7H10O2. The number of hydrogen-bond donors (Lipinski definition) is 0. The second kappa shape index (κ2) is 5.09. The molecule has 50 valence electrons. The SMILES string of the molecule is [2H]C([2H])([2H])C([2H])([2H])OC(=O)/C=C/C=C. The maximum Gasteiger partial charge on any atom is 0.330 e. The van der Waals surface area contributed by atoms with Gasteiger partial charge in [0.2, 0.25) is 0 Å². The summed E-state index contributed by atoms with van der Waals surface area (Å²) in [6.45, 7) is -2.69. The summed E-state index contributed by atoms with van der Waals surface area (Å²) in [5.41, 5.74) is 0. The second-order valence-corrected chi connectivity index (χ2v) is 1.12. The van der Waals surface area contributed by atoms with Gasteiger partial charge in [0.25, 0.3) is 0 Å². The van der Waals surface area contributed by atoms with E-state index < -0.39 is 19.4 Å². The normalized spacial score (nSPS) is 20.7. The highest BCUT2D eigenvalue weighted by Crippen LogP contribution is 1.80. The van der Waals surface area contributed by atoms with Gasteiger partial charge in [-0.1, -0.05) is 18.7 Å². The van der Waals surface area contributed by atoms with E-state index in [0.29, 0.717) is 0 Å². The van der Waals surface area contributed by atoms with Crippen LogP contribution in [-0.2, 0) is 9.53 Å². The monoisotopic (exact) mass is 131 g/mol. The van der Waals surface area contributed by atoms with Crippen LogP contribution in [-0.4, -0.2) is 12.5 Å². The summed E-state index contributed by atoms with van der Waals surface area (Å²) in [7, 11) is 0. The van der Waals surface area contributed by atoms with Gasteiger partial charge in [0, 0.05) is 10.2 Å². The van der Waals surface area contributed by atoms with Gasteiger partial charge in [-0.25, -0.2) is 4.79 Å². The third-order valence-electron chi connectivity index (χ3n) is 0.520. The van der Waals surface area contributed by atoms with E-state index in [0.717, 1.165) is 6.08 Å². The number of carbonyl (C=O) groups is 1. The van der Waals surface area contributed by atoms with Gasteiger partial charge in [0.15, 0.2) is 0 Å². The molecule has 0 aromatic heterocycles. The third-order valence-corrected chi connectivity index (χ3v) is 0.520. The lowest BCUT2D eigenvalue weighted by Crippen LogP contribution is -1.98. The van der Waals surface area contributed by atoms with Gasteiger partial charge < -0.3 is 4.74 Å². The Kier molecular flexibility index (Phi) is 1.52. The van der Waals surface area contributed by atoms with Crippen molar-refractivity contribution >= 4 is 5.97 Å². The summed E-state index contributed by atoms with van der Waals surface area (Å²) >= 11 is 0. The van der Waals surface area contributed by atoms with E-state index in [2.05, 4.69) is 11.3 Å². The highest BCUT2D eigenvalue weighted by Gasteiger charge is 1.88. The summed E-state index contributed by atoms with van der Waals surface area (Å²) in [6.07, 6.45) is 3.39. The molecule has 0 spiro atoms. The van der Waals surface area contributed by atoms with Crippen LogP contribution >= 0.6 is 0 Å². The number of hydrogen-bond acceptors (Lipinski definition) is 2. The summed E-state index contributed by atoms with van der Waals surface area (Å²) in [4.78, 5) is 10.8. The van der Waals surface area contributed by atoms with Crippen LogP contribution in [0.15, 0.2) is 24.8 Å². The maximum atomic E-state index is 10.8. The Balaban J connectivity index is 4.44. The maximum absolute atomic E-state index is 10.8. The van der Waals surface area contributed by atoms with Crippen molar-refractivity contribution < 1.29 is 16.4 Å². The Morgan fingerprint density at radius 1 is 2.11 bits per heavy atom. The van der Waals surface area contributed by atoms with Gasteiger partial charge in [-0.05, 0) is 6.85 Å². The first-order valence-corrected chi connectivity index (χ1v) is 2.23. The molecule has 0 bridgehead atoms. The van der Waals surface area contributed by atoms with Crippen LogP contribution in [0.3, 0.4) is 0 Å². The van der Waals surface area contributed by atoms with Crippen LogP contribution in [0.5, 0.6) is 0 Å². The van der Waals surface area contributed by atoms with Gasteiger partial charge in [-0.3, -0.25) is 0 Å². The smallest absolute Gasteiger partial charge is 0.330 e. The Bertz CT molecular complexity index is 253. The van der Waals surface area contributed by atoms with Gasteiger partial charge in [-0.2, -0.15) is 0 Å². The van der Waals surface area contributed by atoms with E-state index in [9.17, 15) is 4.79 Å². The van der Waals surface area contributed by atoms with Gasteiger partial charge in [-0.15, -0.1) is 0 Å². The minimum atomic E-state index is -3.00. The molecule has 0 aliphatic heterocycles. The summed E-state index contributed by atoms with van der Waals surface area (Å²) in [6, 6.07) is 0. The zero-order chi connectivity index (χ0) is 11.4. The summed E-state index contributed by atoms with van der Waals surface area (Å²) in [5.74, 6) is -1.06. The molecule has 2 heteroatoms. The Morgan fingerprint density at radius 3 is 3.44 bits per heavy atom. The number of allylic oxidation sites excluding steroid dienone is 2. The first-order chi connectivity index (χ1) is 6.20. The van der Waals surface area contributed by atoms with Crippen LogP contribution in [0.1, 0.15) is 13.7 Å². The molecule has 0 aromatic rings. The molecule has 2 nitrogen and oxygen atoms in total. The average Bonchev–Trinajstić information content (AvgIpc) is 1.97. The predicted molar refractivity (Wildman–Crippen MR) is 36.0 cm³/mol. The Morgan fingerprint density at radius 2 is 2.89 bits per heavy atom. The van der Waals surface area contributed by atoms with Crippen LogP contribution in [0.2, 0.25) is 0 Å². The van der Waals surface area contributed by atoms with E-state index in [1.165, 1.54) is 12.2 Å². The van der Waals surface area contributed by atoms with Gasteiger partial charge in [0.1, 0.15) is 0 Å². The molecule has 0 atom stereocenters. The van der Waals surface area contributed by atoms with Crippen LogP contribution < -0.4 is 0 Å². The van der Waals surface area contributed by atoms with Crippen LogP contribution in [0, 0.1) is 0 Å². The van der Waals surface area contributed by atoms with Crippen molar-refractivity contribution in [1.82, 2.24) is 0 Å². The fourth-order valence-electron chi connectivity index (χ4n) is 0.231. The number of rotatable bonds is 3. The molecule has 0 rings (SSSR count). The summed E-state index contributed by atoms with van der Waals surface area (Å²) in [5, 5.41) is 0. The lowest BCUT2D eigenvalue weighted by molar-refractivity contribution is -0.137. The van der Waals surface area contributed by atoms with Crippen LogP contribution in [0.4, 0.5) is 0 Å². The van der Waals surface area contributed by atoms with Gasteiger partial charge in [0.05, 0.1) is 9.30 Å². The topological polar surface area (TPSA) is 26.3 Å². The highest BCUT2D eigenvalue weighted by molar-refractivity contribution is 5.82. The molecular weight excluding hydrogens is 116 g/mol. The predicted octanol–water partition coefficient (Wildman–Crippen LogP) is 1.29. The molecule has 0 unspecified atom stereocenters. The van der Waals surface area contributed by atoms with Gasteiger partial charge >= 0.3 is 5.97 Å². The summed E-state index contributed by atoms with van der Waals surface area (Å²) < 4.78 is 38.2. The largest absolute Gasteiger partial charge is 0.463 e. The molecule has 0 aromatic carbocycles. The van der Waals surface area contributed by atoms with Crippen molar-refractivity contribution in [2.24, 2.45) is 0 Å². The molecule has 0 amide bonds. The van der Waals surface area contributed by atoms with E-state index in [1.807, 2.05) is 0 Å². The standard InChI is InChI=1S/C7H10O2/c1-3-5-6-7(8)9-4-2/h3,5-6H,1,4H2,2H3/b6-5+/i2D3,4D2. The minimum Gasteiger partial charge on any atom is -0.463 e. The lowest BCUT2D eigenvalue weighted by Gasteiger charge is -1.91. The van der Waals surface area contributed by atoms with E-state index in [4.69, 9.17) is 6.85 Å². The fourth-order valence-corrected chi connectivity index (χ4v) is 0.231. The molecule has 0 saturated carbocycles. The minimum absolute atomic E-state index is 0.885. The van der Waals surface area contributed by atoms with E-state index in [1.54, 1.807) is 0 Å². The molecule has 9 heavy (non-hydrogen) atoms. The van der Waals surface area contributed by atoms with Crippen molar-refractivity contribution in [3.05, 3.63) is 24.8 Å². The molecule has 0 heterocycles. The van der Waals surface area contributed by atoms with Crippen molar-refractivity contribution in [3.8, 4) is 0 Å². The van der Waals surface area contributed by atoms with Crippen LogP contribution in [0.25, 0.3) is 0 Å².